The summed E-state index contributed by atoms with van der Waals surface area (Å²) in [5.41, 5.74) is 3.17. The van der Waals surface area contributed by atoms with E-state index in [4.69, 9.17) is 24.4 Å². The zero-order valence-electron chi connectivity index (χ0n) is 10.1. The van der Waals surface area contributed by atoms with Crippen molar-refractivity contribution in [3.63, 3.8) is 0 Å². The van der Waals surface area contributed by atoms with Crippen LogP contribution in [0.3, 0.4) is 0 Å². The van der Waals surface area contributed by atoms with Gasteiger partial charge in [-0.2, -0.15) is 0 Å². The maximum absolute atomic E-state index is 10.2. The van der Waals surface area contributed by atoms with Gasteiger partial charge in [0.2, 0.25) is 0 Å². The Hall–Kier alpha value is -1.78. The second-order valence-corrected chi connectivity index (χ2v) is 5.33. The van der Waals surface area contributed by atoms with E-state index in [1.54, 1.807) is 6.92 Å². The van der Waals surface area contributed by atoms with Gasteiger partial charge in [0.1, 0.15) is 11.5 Å². The smallest absolute Gasteiger partial charge is 0.128 e. The van der Waals surface area contributed by atoms with Gasteiger partial charge in [0, 0.05) is 22.3 Å². The third-order valence-corrected chi connectivity index (χ3v) is 4.19. The summed E-state index contributed by atoms with van der Waals surface area (Å²) in [6.07, 6.45) is 0. The molecule has 0 aromatic heterocycles. The third-order valence-electron chi connectivity index (χ3n) is 3.34. The van der Waals surface area contributed by atoms with Crippen molar-refractivity contribution in [2.24, 2.45) is 0 Å². The molecular formula is C15H10O2S2. The molecule has 19 heavy (non-hydrogen) atoms. The first-order valence-electron chi connectivity index (χ1n) is 5.76. The number of hydrogen-bond donors (Lipinski definition) is 2. The molecule has 3 rings (SSSR count). The van der Waals surface area contributed by atoms with Crippen molar-refractivity contribution < 1.29 is 10.2 Å². The zero-order valence-corrected chi connectivity index (χ0v) is 11.7. The minimum Gasteiger partial charge on any atom is -0.507 e. The summed E-state index contributed by atoms with van der Waals surface area (Å²) in [4.78, 5) is 1.04. The summed E-state index contributed by atoms with van der Waals surface area (Å²) in [6.45, 7) is 1.72. The average Bonchev–Trinajstić information content (AvgIpc) is 2.40. The highest BCUT2D eigenvalue weighted by Gasteiger charge is 2.30. The number of phenolic OH excluding ortho intramolecular Hbond substituents is 2. The van der Waals surface area contributed by atoms with Crippen LogP contribution in [0.25, 0.3) is 0 Å². The molecule has 0 saturated heterocycles. The van der Waals surface area contributed by atoms with Crippen LogP contribution in [0.15, 0.2) is 30.3 Å². The molecule has 0 fully saturated rings. The SMILES string of the molecule is Cc1cc(O)c2c(c1O)C(=S)c1ccccc1C2=S. The van der Waals surface area contributed by atoms with Gasteiger partial charge in [-0.25, -0.2) is 0 Å². The monoisotopic (exact) mass is 286 g/mol. The predicted octanol–water partition coefficient (Wildman–Crippen LogP) is 3.25. The Morgan fingerprint density at radius 1 is 0.895 bits per heavy atom. The Labute approximate surface area is 121 Å². The molecule has 0 aliphatic heterocycles. The van der Waals surface area contributed by atoms with E-state index in [0.717, 1.165) is 11.1 Å². The van der Waals surface area contributed by atoms with Gasteiger partial charge in [0.05, 0.1) is 9.73 Å². The maximum atomic E-state index is 10.2. The maximum Gasteiger partial charge on any atom is 0.128 e. The van der Waals surface area contributed by atoms with E-state index in [-0.39, 0.29) is 11.5 Å². The van der Waals surface area contributed by atoms with Gasteiger partial charge in [0.15, 0.2) is 0 Å². The van der Waals surface area contributed by atoms with E-state index in [0.29, 0.717) is 26.4 Å². The first kappa shape index (κ1) is 12.3. The molecule has 0 atom stereocenters. The highest BCUT2D eigenvalue weighted by atomic mass is 32.1. The fraction of sp³-hybridized carbons (Fsp3) is 0.0667. The van der Waals surface area contributed by atoms with Crippen molar-refractivity contribution in [2.45, 2.75) is 6.92 Å². The quantitative estimate of drug-likeness (QED) is 0.491. The van der Waals surface area contributed by atoms with Crippen molar-refractivity contribution in [1.29, 1.82) is 0 Å². The standard InChI is InChI=1S/C15H10O2S2/c1-7-6-10(16)11-12(13(7)17)15(19)9-5-3-2-4-8(9)14(11)18/h2-6,16-17H,1H3. The summed E-state index contributed by atoms with van der Waals surface area (Å²) >= 11 is 10.9. The third kappa shape index (κ3) is 1.60. The van der Waals surface area contributed by atoms with Crippen molar-refractivity contribution in [2.75, 3.05) is 0 Å². The Balaban J connectivity index is 2.43. The van der Waals surface area contributed by atoms with Crippen LogP contribution in [0.2, 0.25) is 0 Å². The zero-order chi connectivity index (χ0) is 13.7. The molecule has 0 unspecified atom stereocenters. The van der Waals surface area contributed by atoms with E-state index < -0.39 is 0 Å². The topological polar surface area (TPSA) is 40.5 Å². The summed E-state index contributed by atoms with van der Waals surface area (Å²) < 4.78 is 0. The van der Waals surface area contributed by atoms with Crippen LogP contribution in [-0.4, -0.2) is 19.9 Å². The molecule has 4 heteroatoms. The van der Waals surface area contributed by atoms with Gasteiger partial charge in [-0.1, -0.05) is 48.7 Å². The predicted molar refractivity (Wildman–Crippen MR) is 82.6 cm³/mol. The van der Waals surface area contributed by atoms with Crippen molar-refractivity contribution in [3.8, 4) is 11.5 Å². The van der Waals surface area contributed by atoms with Gasteiger partial charge in [-0.05, 0) is 18.6 Å². The number of phenols is 2. The van der Waals surface area contributed by atoms with Crippen LogP contribution in [-0.2, 0) is 0 Å². The molecule has 1 aliphatic carbocycles. The number of aromatic hydroxyl groups is 2. The molecule has 0 amide bonds. The molecule has 2 aromatic rings. The minimum atomic E-state index is 0.0622. The first-order chi connectivity index (χ1) is 9.02. The molecule has 2 N–H and O–H groups in total. The molecule has 0 bridgehead atoms. The number of aryl methyl sites for hydroxylation is 1. The van der Waals surface area contributed by atoms with E-state index in [1.807, 2.05) is 24.3 Å². The Morgan fingerprint density at radius 2 is 1.42 bits per heavy atom. The van der Waals surface area contributed by atoms with Crippen LogP contribution in [0.1, 0.15) is 27.8 Å². The number of benzene rings is 2. The molecule has 0 spiro atoms. The number of fused-ring (bicyclic) bond motifs is 2. The average molecular weight is 286 g/mol. The van der Waals surface area contributed by atoms with Gasteiger partial charge < -0.3 is 10.2 Å². The summed E-state index contributed by atoms with van der Waals surface area (Å²) in [7, 11) is 0. The lowest BCUT2D eigenvalue weighted by atomic mass is 9.83. The number of rotatable bonds is 0. The van der Waals surface area contributed by atoms with Crippen LogP contribution in [0, 0.1) is 6.92 Å². The number of hydrogen-bond acceptors (Lipinski definition) is 4. The van der Waals surface area contributed by atoms with Crippen LogP contribution in [0.4, 0.5) is 0 Å². The normalized spacial score (nSPS) is 13.1. The van der Waals surface area contributed by atoms with E-state index in [2.05, 4.69) is 0 Å². The number of thiocarbonyl (C=S) groups is 2. The van der Waals surface area contributed by atoms with Gasteiger partial charge in [0.25, 0.3) is 0 Å². The molecular weight excluding hydrogens is 276 g/mol. The fourth-order valence-electron chi connectivity index (χ4n) is 2.39. The summed E-state index contributed by atoms with van der Waals surface area (Å²) in [5, 5.41) is 20.3. The highest BCUT2D eigenvalue weighted by molar-refractivity contribution is 7.82. The summed E-state index contributed by atoms with van der Waals surface area (Å²) in [6, 6.07) is 9.03. The Morgan fingerprint density at radius 3 is 2.00 bits per heavy atom. The van der Waals surface area contributed by atoms with E-state index in [9.17, 15) is 10.2 Å². The van der Waals surface area contributed by atoms with Gasteiger partial charge in [-0.15, -0.1) is 0 Å². The molecule has 94 valence electrons. The van der Waals surface area contributed by atoms with Crippen LogP contribution >= 0.6 is 24.4 Å². The molecule has 0 saturated carbocycles. The molecule has 1 aliphatic rings. The lowest BCUT2D eigenvalue weighted by Crippen LogP contribution is -2.20. The minimum absolute atomic E-state index is 0.0622. The largest absolute Gasteiger partial charge is 0.507 e. The van der Waals surface area contributed by atoms with Crippen LogP contribution < -0.4 is 0 Å². The highest BCUT2D eigenvalue weighted by Crippen LogP contribution is 2.40. The van der Waals surface area contributed by atoms with E-state index in [1.165, 1.54) is 6.07 Å². The Bertz CT molecular complexity index is 748. The van der Waals surface area contributed by atoms with Crippen LogP contribution in [0.5, 0.6) is 11.5 Å². The van der Waals surface area contributed by atoms with Gasteiger partial charge >= 0.3 is 0 Å². The van der Waals surface area contributed by atoms with Gasteiger partial charge in [-0.3, -0.25) is 0 Å². The molecule has 2 aromatic carbocycles. The summed E-state index contributed by atoms with van der Waals surface area (Å²) in [5.74, 6) is 0.154. The van der Waals surface area contributed by atoms with E-state index >= 15 is 0 Å². The lowest BCUT2D eigenvalue weighted by molar-refractivity contribution is 0.455. The first-order valence-corrected chi connectivity index (χ1v) is 6.58. The second-order valence-electron chi connectivity index (χ2n) is 4.52. The molecule has 2 nitrogen and oxygen atoms in total. The second kappa shape index (κ2) is 4.11. The lowest BCUT2D eigenvalue weighted by Gasteiger charge is -2.24. The Kier molecular flexibility index (Phi) is 2.66. The fourth-order valence-corrected chi connectivity index (χ4v) is 3.15. The van der Waals surface area contributed by atoms with Crippen molar-refractivity contribution in [1.82, 2.24) is 0 Å². The molecule has 0 radical (unpaired) electrons. The molecule has 0 heterocycles. The van der Waals surface area contributed by atoms with Crippen molar-refractivity contribution in [3.05, 3.63) is 58.1 Å². The van der Waals surface area contributed by atoms with Crippen molar-refractivity contribution >= 4 is 34.2 Å².